The van der Waals surface area contributed by atoms with Crippen molar-refractivity contribution in [2.24, 2.45) is 0 Å². The highest BCUT2D eigenvalue weighted by Crippen LogP contribution is 2.37. The first-order valence-corrected chi connectivity index (χ1v) is 9.81. The fourth-order valence-electron chi connectivity index (χ4n) is 3.21. The monoisotopic (exact) mass is 369 g/mol. The molecular formula is C20H20ClN3S. The van der Waals surface area contributed by atoms with Crippen LogP contribution in [0.5, 0.6) is 0 Å². The maximum atomic E-state index is 6.22. The van der Waals surface area contributed by atoms with Crippen molar-refractivity contribution in [1.82, 2.24) is 9.38 Å². The smallest absolute Gasteiger partial charge is 0.137 e. The van der Waals surface area contributed by atoms with Gasteiger partial charge in [0, 0.05) is 11.9 Å². The second kappa shape index (κ2) is 6.43. The van der Waals surface area contributed by atoms with Crippen LogP contribution < -0.4 is 4.90 Å². The number of rotatable bonds is 3. The van der Waals surface area contributed by atoms with Crippen LogP contribution in [0.3, 0.4) is 0 Å². The van der Waals surface area contributed by atoms with Crippen LogP contribution >= 0.6 is 23.4 Å². The maximum absolute atomic E-state index is 6.22. The van der Waals surface area contributed by atoms with E-state index in [1.54, 1.807) is 11.8 Å². The summed E-state index contributed by atoms with van der Waals surface area (Å²) in [7, 11) is 0. The minimum Gasteiger partial charge on any atom is -0.329 e. The summed E-state index contributed by atoms with van der Waals surface area (Å²) in [6, 6.07) is 12.7. The first-order chi connectivity index (χ1) is 12.0. The molecule has 128 valence electrons. The number of pyridine rings is 1. The number of hydrogen-bond acceptors (Lipinski definition) is 3. The van der Waals surface area contributed by atoms with Crippen LogP contribution in [0.15, 0.2) is 48.0 Å². The van der Waals surface area contributed by atoms with Gasteiger partial charge >= 0.3 is 0 Å². The fourth-order valence-corrected chi connectivity index (χ4v) is 4.27. The lowest BCUT2D eigenvalue weighted by molar-refractivity contribution is 0.866. The van der Waals surface area contributed by atoms with E-state index in [2.05, 4.69) is 59.7 Å². The van der Waals surface area contributed by atoms with Crippen molar-refractivity contribution < 1.29 is 0 Å². The lowest BCUT2D eigenvalue weighted by Crippen LogP contribution is -2.18. The van der Waals surface area contributed by atoms with Crippen molar-refractivity contribution in [2.45, 2.75) is 26.7 Å². The van der Waals surface area contributed by atoms with E-state index in [0.29, 0.717) is 10.9 Å². The topological polar surface area (TPSA) is 20.5 Å². The van der Waals surface area contributed by atoms with E-state index >= 15 is 0 Å². The molecule has 3 heterocycles. The van der Waals surface area contributed by atoms with Crippen LogP contribution in [0.2, 0.25) is 5.02 Å². The zero-order valence-electron chi connectivity index (χ0n) is 14.5. The molecule has 25 heavy (non-hydrogen) atoms. The van der Waals surface area contributed by atoms with Gasteiger partial charge in [0.1, 0.15) is 5.65 Å². The molecule has 0 spiro atoms. The van der Waals surface area contributed by atoms with Crippen molar-refractivity contribution in [3.05, 3.63) is 70.0 Å². The SMILES string of the molecule is Cc1nc2ccc(Cl)cn2c1C1=CSCN1c1ccc(C(C)C)cc1. The summed E-state index contributed by atoms with van der Waals surface area (Å²) in [5.41, 5.74) is 6.78. The predicted octanol–water partition coefficient (Wildman–Crippen LogP) is 5.93. The summed E-state index contributed by atoms with van der Waals surface area (Å²) in [6.45, 7) is 6.50. The van der Waals surface area contributed by atoms with Crippen LogP contribution in [0.1, 0.15) is 36.7 Å². The van der Waals surface area contributed by atoms with Gasteiger partial charge in [-0.1, -0.05) is 37.6 Å². The summed E-state index contributed by atoms with van der Waals surface area (Å²) in [4.78, 5) is 7.03. The van der Waals surface area contributed by atoms with Crippen molar-refractivity contribution in [3.8, 4) is 0 Å². The van der Waals surface area contributed by atoms with Gasteiger partial charge in [-0.05, 0) is 48.1 Å². The molecular weight excluding hydrogens is 350 g/mol. The number of thioether (sulfide) groups is 1. The summed E-state index contributed by atoms with van der Waals surface area (Å²) in [6.07, 6.45) is 1.94. The Hall–Kier alpha value is -1.91. The highest BCUT2D eigenvalue weighted by Gasteiger charge is 2.24. The van der Waals surface area contributed by atoms with Crippen LogP contribution in [-0.2, 0) is 0 Å². The molecule has 0 radical (unpaired) electrons. The van der Waals surface area contributed by atoms with Gasteiger partial charge in [-0.3, -0.25) is 4.40 Å². The lowest BCUT2D eigenvalue weighted by atomic mass is 10.0. The number of aromatic nitrogens is 2. The second-order valence-corrected chi connectivity index (χ2v) is 7.86. The van der Waals surface area contributed by atoms with Crippen molar-refractivity contribution in [3.63, 3.8) is 0 Å². The highest BCUT2D eigenvalue weighted by atomic mass is 35.5. The molecule has 0 amide bonds. The molecule has 0 fully saturated rings. The molecule has 0 bridgehead atoms. The molecule has 4 rings (SSSR count). The van der Waals surface area contributed by atoms with Crippen LogP contribution in [0.4, 0.5) is 5.69 Å². The number of imidazole rings is 1. The summed E-state index contributed by atoms with van der Waals surface area (Å²) in [5, 5.41) is 2.93. The molecule has 5 heteroatoms. The average Bonchev–Trinajstić information content (AvgIpc) is 3.18. The van der Waals surface area contributed by atoms with E-state index < -0.39 is 0 Å². The quantitative estimate of drug-likeness (QED) is 0.570. The summed E-state index contributed by atoms with van der Waals surface area (Å²) >= 11 is 8.03. The molecule has 0 N–H and O–H groups in total. The number of nitrogens with zero attached hydrogens (tertiary/aromatic N) is 3. The number of halogens is 1. The normalized spacial score (nSPS) is 14.6. The molecule has 0 atom stereocenters. The Morgan fingerprint density at radius 2 is 1.88 bits per heavy atom. The minimum atomic E-state index is 0.542. The number of benzene rings is 1. The molecule has 2 aromatic heterocycles. The van der Waals surface area contributed by atoms with Gasteiger partial charge < -0.3 is 4.90 Å². The van der Waals surface area contributed by atoms with Crippen LogP contribution in [-0.4, -0.2) is 15.3 Å². The zero-order chi connectivity index (χ0) is 17.6. The maximum Gasteiger partial charge on any atom is 0.137 e. The third-order valence-electron chi connectivity index (χ3n) is 4.56. The van der Waals surface area contributed by atoms with Crippen LogP contribution in [0, 0.1) is 6.92 Å². The Morgan fingerprint density at radius 3 is 2.60 bits per heavy atom. The Bertz CT molecular complexity index is 957. The largest absolute Gasteiger partial charge is 0.329 e. The number of fused-ring (bicyclic) bond motifs is 1. The van der Waals surface area contributed by atoms with E-state index in [-0.39, 0.29) is 0 Å². The minimum absolute atomic E-state index is 0.542. The number of anilines is 1. The average molecular weight is 370 g/mol. The van der Waals surface area contributed by atoms with Gasteiger partial charge in [-0.2, -0.15) is 0 Å². The van der Waals surface area contributed by atoms with Gasteiger partial charge in [-0.25, -0.2) is 4.98 Å². The molecule has 0 unspecified atom stereocenters. The van der Waals surface area contributed by atoms with Gasteiger partial charge in [0.05, 0.1) is 28.0 Å². The van der Waals surface area contributed by atoms with Crippen molar-refractivity contribution >= 4 is 40.4 Å². The first kappa shape index (κ1) is 16.6. The third kappa shape index (κ3) is 2.94. The molecule has 0 aliphatic carbocycles. The summed E-state index contributed by atoms with van der Waals surface area (Å²) in [5.74, 6) is 1.45. The van der Waals surface area contributed by atoms with Gasteiger partial charge in [0.25, 0.3) is 0 Å². The molecule has 3 aromatic rings. The Kier molecular flexibility index (Phi) is 4.26. The lowest BCUT2D eigenvalue weighted by Gasteiger charge is -2.22. The standard InChI is InChI=1S/C20H20ClN3S/c1-13(2)15-4-7-17(8-5-15)24-12-25-11-18(24)20-14(3)22-19-9-6-16(21)10-23(19)20/h4-11,13H,12H2,1-3H3. The van der Waals surface area contributed by atoms with E-state index in [9.17, 15) is 0 Å². The van der Waals surface area contributed by atoms with Crippen molar-refractivity contribution in [2.75, 3.05) is 10.8 Å². The Labute approximate surface area is 157 Å². The van der Waals surface area contributed by atoms with Gasteiger partial charge in [-0.15, -0.1) is 11.8 Å². The molecule has 1 aliphatic heterocycles. The van der Waals surface area contributed by atoms with Gasteiger partial charge in [0.15, 0.2) is 0 Å². The molecule has 0 saturated heterocycles. The first-order valence-electron chi connectivity index (χ1n) is 8.38. The second-order valence-electron chi connectivity index (χ2n) is 6.59. The van der Waals surface area contributed by atoms with Crippen LogP contribution in [0.25, 0.3) is 11.3 Å². The molecule has 0 saturated carbocycles. The predicted molar refractivity (Wildman–Crippen MR) is 108 cm³/mol. The van der Waals surface area contributed by atoms with Gasteiger partial charge in [0.2, 0.25) is 0 Å². The van der Waals surface area contributed by atoms with E-state index in [1.807, 2.05) is 18.3 Å². The van der Waals surface area contributed by atoms with E-state index in [4.69, 9.17) is 16.6 Å². The molecule has 3 nitrogen and oxygen atoms in total. The number of aryl methyl sites for hydroxylation is 1. The molecule has 1 aliphatic rings. The van der Waals surface area contributed by atoms with Crippen molar-refractivity contribution in [1.29, 1.82) is 0 Å². The Balaban J connectivity index is 1.77. The molecule has 1 aromatic carbocycles. The number of hydrogen-bond donors (Lipinski definition) is 0. The fraction of sp³-hybridized carbons (Fsp3) is 0.250. The Morgan fingerprint density at radius 1 is 1.12 bits per heavy atom. The third-order valence-corrected chi connectivity index (χ3v) is 5.58. The zero-order valence-corrected chi connectivity index (χ0v) is 16.1. The highest BCUT2D eigenvalue weighted by molar-refractivity contribution is 8.02. The van der Waals surface area contributed by atoms with E-state index in [1.165, 1.54) is 16.9 Å². The summed E-state index contributed by atoms with van der Waals surface area (Å²) < 4.78 is 2.09. The van der Waals surface area contributed by atoms with E-state index in [0.717, 1.165) is 22.9 Å².